The lowest BCUT2D eigenvalue weighted by Gasteiger charge is -2.06. The normalized spacial score (nSPS) is 11.1. The first-order chi connectivity index (χ1) is 8.71. The van der Waals surface area contributed by atoms with Crippen molar-refractivity contribution in [1.29, 1.82) is 0 Å². The third-order valence-corrected chi connectivity index (χ3v) is 2.46. The highest BCUT2D eigenvalue weighted by molar-refractivity contribution is 5.89. The molecule has 0 aliphatic carbocycles. The number of methoxy groups -OCH3 is 2. The average molecular weight is 246 g/mol. The lowest BCUT2D eigenvalue weighted by atomic mass is 10.1. The number of allylic oxidation sites excluding steroid dienone is 3. The molecule has 0 amide bonds. The van der Waals surface area contributed by atoms with Crippen molar-refractivity contribution in [1.82, 2.24) is 0 Å². The molecule has 0 saturated carbocycles. The standard InChI is InChI=1S/C15H18O3/c1-4-13(16)8-6-5-7-12-9-10-14(17-2)11-15(12)18-3/h5-11H,4H2,1-3H3/b7-5+,8-6+. The summed E-state index contributed by atoms with van der Waals surface area (Å²) in [5.74, 6) is 1.60. The second-order valence-corrected chi connectivity index (χ2v) is 3.65. The molecular formula is C15H18O3. The number of benzene rings is 1. The van der Waals surface area contributed by atoms with Crippen molar-refractivity contribution in [2.45, 2.75) is 13.3 Å². The Morgan fingerprint density at radius 3 is 2.61 bits per heavy atom. The second kappa shape index (κ2) is 7.33. The summed E-state index contributed by atoms with van der Waals surface area (Å²) < 4.78 is 10.4. The molecule has 0 aliphatic rings. The van der Waals surface area contributed by atoms with Crippen molar-refractivity contribution in [3.8, 4) is 11.5 Å². The molecule has 1 aromatic rings. The maximum absolute atomic E-state index is 11.1. The summed E-state index contributed by atoms with van der Waals surface area (Å²) in [6.45, 7) is 1.84. The molecule has 0 atom stereocenters. The molecule has 3 nitrogen and oxygen atoms in total. The molecule has 1 rings (SSSR count). The van der Waals surface area contributed by atoms with Crippen molar-refractivity contribution in [2.75, 3.05) is 14.2 Å². The van der Waals surface area contributed by atoms with Crippen LogP contribution in [0.5, 0.6) is 11.5 Å². The topological polar surface area (TPSA) is 35.5 Å². The van der Waals surface area contributed by atoms with Crippen LogP contribution in [0.1, 0.15) is 18.9 Å². The first-order valence-electron chi connectivity index (χ1n) is 5.80. The fraction of sp³-hybridized carbons (Fsp3) is 0.267. The number of ketones is 1. The molecule has 0 saturated heterocycles. The van der Waals surface area contributed by atoms with E-state index in [-0.39, 0.29) is 5.78 Å². The molecule has 0 heterocycles. The molecule has 18 heavy (non-hydrogen) atoms. The van der Waals surface area contributed by atoms with Crippen molar-refractivity contribution >= 4 is 11.9 Å². The Labute approximate surface area is 108 Å². The largest absolute Gasteiger partial charge is 0.497 e. The van der Waals surface area contributed by atoms with Gasteiger partial charge in [-0.05, 0) is 18.2 Å². The van der Waals surface area contributed by atoms with Gasteiger partial charge in [0.15, 0.2) is 5.78 Å². The summed E-state index contributed by atoms with van der Waals surface area (Å²) in [5, 5.41) is 0. The summed E-state index contributed by atoms with van der Waals surface area (Å²) in [6, 6.07) is 5.59. The van der Waals surface area contributed by atoms with E-state index < -0.39 is 0 Å². The van der Waals surface area contributed by atoms with Gasteiger partial charge >= 0.3 is 0 Å². The van der Waals surface area contributed by atoms with Gasteiger partial charge in [0.25, 0.3) is 0 Å². The van der Waals surface area contributed by atoms with Crippen LogP contribution in [0.2, 0.25) is 0 Å². The van der Waals surface area contributed by atoms with Crippen molar-refractivity contribution in [3.63, 3.8) is 0 Å². The first-order valence-corrected chi connectivity index (χ1v) is 5.80. The van der Waals surface area contributed by atoms with Gasteiger partial charge in [-0.2, -0.15) is 0 Å². The number of ether oxygens (including phenoxy) is 2. The van der Waals surface area contributed by atoms with E-state index in [4.69, 9.17) is 9.47 Å². The molecule has 0 bridgehead atoms. The molecule has 0 aromatic heterocycles. The molecule has 3 heteroatoms. The third-order valence-electron chi connectivity index (χ3n) is 2.46. The monoisotopic (exact) mass is 246 g/mol. The van der Waals surface area contributed by atoms with Gasteiger partial charge in [0.05, 0.1) is 14.2 Å². The number of hydrogen-bond acceptors (Lipinski definition) is 3. The Kier molecular flexibility index (Phi) is 5.71. The average Bonchev–Trinajstić information content (AvgIpc) is 2.43. The van der Waals surface area contributed by atoms with Gasteiger partial charge in [0.2, 0.25) is 0 Å². The smallest absolute Gasteiger partial charge is 0.155 e. The zero-order valence-electron chi connectivity index (χ0n) is 11.0. The van der Waals surface area contributed by atoms with E-state index >= 15 is 0 Å². The van der Waals surface area contributed by atoms with Crippen LogP contribution in [0.3, 0.4) is 0 Å². The van der Waals surface area contributed by atoms with Crippen molar-refractivity contribution in [3.05, 3.63) is 42.0 Å². The number of hydrogen-bond donors (Lipinski definition) is 0. The summed E-state index contributed by atoms with van der Waals surface area (Å²) in [4.78, 5) is 11.1. The van der Waals surface area contributed by atoms with Crippen LogP contribution in [0, 0.1) is 0 Å². The molecular weight excluding hydrogens is 228 g/mol. The fourth-order valence-electron chi connectivity index (χ4n) is 1.40. The predicted molar refractivity (Wildman–Crippen MR) is 73.0 cm³/mol. The summed E-state index contributed by atoms with van der Waals surface area (Å²) in [6.07, 6.45) is 7.52. The zero-order valence-corrected chi connectivity index (χ0v) is 11.0. The van der Waals surface area contributed by atoms with Gasteiger partial charge in [-0.1, -0.05) is 25.2 Å². The highest BCUT2D eigenvalue weighted by Crippen LogP contribution is 2.25. The Morgan fingerprint density at radius 2 is 2.00 bits per heavy atom. The highest BCUT2D eigenvalue weighted by atomic mass is 16.5. The van der Waals surface area contributed by atoms with Crippen LogP contribution >= 0.6 is 0 Å². The maximum atomic E-state index is 11.1. The van der Waals surface area contributed by atoms with Gasteiger partial charge in [-0.3, -0.25) is 4.79 Å². The van der Waals surface area contributed by atoms with E-state index in [1.807, 2.05) is 37.3 Å². The molecule has 0 radical (unpaired) electrons. The van der Waals surface area contributed by atoms with Gasteiger partial charge in [-0.25, -0.2) is 0 Å². The van der Waals surface area contributed by atoms with E-state index in [2.05, 4.69) is 0 Å². The minimum absolute atomic E-state index is 0.112. The fourth-order valence-corrected chi connectivity index (χ4v) is 1.40. The Morgan fingerprint density at radius 1 is 1.22 bits per heavy atom. The molecule has 0 unspecified atom stereocenters. The molecule has 0 spiro atoms. The predicted octanol–water partition coefficient (Wildman–Crippen LogP) is 3.25. The van der Waals surface area contributed by atoms with E-state index in [9.17, 15) is 4.79 Å². The minimum Gasteiger partial charge on any atom is -0.497 e. The van der Waals surface area contributed by atoms with Gasteiger partial charge in [0, 0.05) is 18.1 Å². The maximum Gasteiger partial charge on any atom is 0.155 e. The number of rotatable bonds is 6. The lowest BCUT2D eigenvalue weighted by Crippen LogP contribution is -1.89. The van der Waals surface area contributed by atoms with E-state index in [0.717, 1.165) is 17.1 Å². The molecule has 1 aromatic carbocycles. The van der Waals surface area contributed by atoms with Crippen LogP contribution in [0.4, 0.5) is 0 Å². The Hall–Kier alpha value is -2.03. The molecule has 0 N–H and O–H groups in total. The quantitative estimate of drug-likeness (QED) is 0.571. The molecule has 0 fully saturated rings. The summed E-state index contributed by atoms with van der Waals surface area (Å²) >= 11 is 0. The van der Waals surface area contributed by atoms with Gasteiger partial charge < -0.3 is 9.47 Å². The van der Waals surface area contributed by atoms with Crippen LogP contribution < -0.4 is 9.47 Å². The van der Waals surface area contributed by atoms with Crippen LogP contribution in [0.25, 0.3) is 6.08 Å². The SMILES string of the molecule is CCC(=O)/C=C/C=C/c1ccc(OC)cc1OC. The summed E-state index contributed by atoms with van der Waals surface area (Å²) in [5.41, 5.74) is 0.937. The number of carbonyl (C=O) groups is 1. The van der Waals surface area contributed by atoms with Crippen molar-refractivity contribution < 1.29 is 14.3 Å². The van der Waals surface area contributed by atoms with Crippen LogP contribution in [-0.2, 0) is 4.79 Å². The van der Waals surface area contributed by atoms with E-state index in [1.54, 1.807) is 26.4 Å². The second-order valence-electron chi connectivity index (χ2n) is 3.65. The van der Waals surface area contributed by atoms with Gasteiger partial charge in [-0.15, -0.1) is 0 Å². The zero-order chi connectivity index (χ0) is 13.4. The lowest BCUT2D eigenvalue weighted by molar-refractivity contribution is -0.114. The van der Waals surface area contributed by atoms with Crippen LogP contribution in [-0.4, -0.2) is 20.0 Å². The van der Waals surface area contributed by atoms with E-state index in [1.165, 1.54) is 0 Å². The van der Waals surface area contributed by atoms with Crippen LogP contribution in [0.15, 0.2) is 36.4 Å². The highest BCUT2D eigenvalue weighted by Gasteiger charge is 2.01. The first kappa shape index (κ1) is 14.0. The van der Waals surface area contributed by atoms with E-state index in [0.29, 0.717) is 6.42 Å². The Bertz CT molecular complexity index is 459. The molecule has 0 aliphatic heterocycles. The Balaban J connectivity index is 2.81. The number of carbonyl (C=O) groups excluding carboxylic acids is 1. The van der Waals surface area contributed by atoms with Gasteiger partial charge in [0.1, 0.15) is 11.5 Å². The van der Waals surface area contributed by atoms with Crippen molar-refractivity contribution in [2.24, 2.45) is 0 Å². The third kappa shape index (κ3) is 4.09. The minimum atomic E-state index is 0.112. The summed E-state index contributed by atoms with van der Waals surface area (Å²) in [7, 11) is 3.23. The molecule has 96 valence electrons.